The Kier molecular flexibility index (Phi) is 4.80. The maximum absolute atomic E-state index is 12.6. The highest BCUT2D eigenvalue weighted by molar-refractivity contribution is 6.04. The Morgan fingerprint density at radius 1 is 1.21 bits per heavy atom. The number of rotatable bonds is 5. The monoisotopic (exact) mass is 390 g/mol. The fourth-order valence-corrected chi connectivity index (χ4v) is 3.62. The molecular weight excluding hydrogens is 368 g/mol. The molecule has 148 valence electrons. The minimum atomic E-state index is -0.687. The fourth-order valence-electron chi connectivity index (χ4n) is 3.62. The highest BCUT2D eigenvalue weighted by Gasteiger charge is 2.36. The van der Waals surface area contributed by atoms with Crippen molar-refractivity contribution in [1.82, 2.24) is 9.78 Å². The summed E-state index contributed by atoms with van der Waals surface area (Å²) in [6, 6.07) is 14.4. The fraction of sp³-hybridized carbons (Fsp3) is 0.227. The van der Waals surface area contributed by atoms with Gasteiger partial charge in [0.25, 0.3) is 5.91 Å². The summed E-state index contributed by atoms with van der Waals surface area (Å²) < 4.78 is 6.92. The molecule has 0 radical (unpaired) electrons. The Morgan fingerprint density at radius 2 is 2.00 bits per heavy atom. The largest absolute Gasteiger partial charge is 0.497 e. The average Bonchev–Trinajstić information content (AvgIpc) is 3.15. The van der Waals surface area contributed by atoms with Gasteiger partial charge in [-0.2, -0.15) is 5.10 Å². The summed E-state index contributed by atoms with van der Waals surface area (Å²) in [6.45, 7) is 3.84. The molecule has 0 aliphatic carbocycles. The third-order valence-corrected chi connectivity index (χ3v) is 4.96. The first-order valence-electron chi connectivity index (χ1n) is 9.37. The summed E-state index contributed by atoms with van der Waals surface area (Å²) in [7, 11) is 1.61. The van der Waals surface area contributed by atoms with Crippen molar-refractivity contribution >= 4 is 23.3 Å². The number of aromatic nitrogens is 2. The van der Waals surface area contributed by atoms with Gasteiger partial charge in [-0.1, -0.05) is 24.3 Å². The Hall–Kier alpha value is -3.61. The normalized spacial score (nSPS) is 15.0. The van der Waals surface area contributed by atoms with Gasteiger partial charge in [0.2, 0.25) is 5.91 Å². The van der Waals surface area contributed by atoms with Crippen molar-refractivity contribution in [2.45, 2.75) is 26.3 Å². The molecule has 2 aromatic carbocycles. The molecule has 29 heavy (non-hydrogen) atoms. The van der Waals surface area contributed by atoms with Gasteiger partial charge in [0, 0.05) is 11.3 Å². The second-order valence-corrected chi connectivity index (χ2v) is 7.11. The number of fused-ring (bicyclic) bond motifs is 1. The number of hydrogen-bond donors (Lipinski definition) is 2. The van der Waals surface area contributed by atoms with E-state index in [9.17, 15) is 9.59 Å². The minimum Gasteiger partial charge on any atom is -0.497 e. The van der Waals surface area contributed by atoms with Gasteiger partial charge in [-0.3, -0.25) is 9.59 Å². The lowest BCUT2D eigenvalue weighted by Crippen LogP contribution is -2.23. The molecule has 0 bridgehead atoms. The molecule has 2 heterocycles. The molecule has 1 unspecified atom stereocenters. The maximum atomic E-state index is 12.6. The SMILES string of the molecule is COc1cccc(-c2c(C)nn3c2NC(=O)C3CC(=O)Nc2cccc(C)c2)c1. The van der Waals surface area contributed by atoms with Crippen LogP contribution in [-0.2, 0) is 9.59 Å². The van der Waals surface area contributed by atoms with Crippen molar-refractivity contribution in [2.75, 3.05) is 17.7 Å². The number of amides is 2. The van der Waals surface area contributed by atoms with Gasteiger partial charge in [0.15, 0.2) is 0 Å². The van der Waals surface area contributed by atoms with E-state index in [0.29, 0.717) is 11.5 Å². The number of carbonyl (C=O) groups is 2. The van der Waals surface area contributed by atoms with E-state index in [-0.39, 0.29) is 18.2 Å². The van der Waals surface area contributed by atoms with E-state index in [1.54, 1.807) is 11.8 Å². The van der Waals surface area contributed by atoms with E-state index in [1.165, 1.54) is 0 Å². The summed E-state index contributed by atoms with van der Waals surface area (Å²) >= 11 is 0. The van der Waals surface area contributed by atoms with Crippen LogP contribution >= 0.6 is 0 Å². The molecule has 0 saturated heterocycles. The average molecular weight is 390 g/mol. The number of nitrogens with zero attached hydrogens (tertiary/aromatic N) is 2. The van der Waals surface area contributed by atoms with Crippen LogP contribution in [0, 0.1) is 13.8 Å². The van der Waals surface area contributed by atoms with Crippen molar-refractivity contribution < 1.29 is 14.3 Å². The molecule has 1 aromatic heterocycles. The predicted octanol–water partition coefficient (Wildman–Crippen LogP) is 3.70. The number of methoxy groups -OCH3 is 1. The number of aryl methyl sites for hydroxylation is 2. The summed E-state index contributed by atoms with van der Waals surface area (Å²) in [6.07, 6.45) is 0.00540. The van der Waals surface area contributed by atoms with Gasteiger partial charge >= 0.3 is 0 Å². The number of carbonyl (C=O) groups excluding carboxylic acids is 2. The van der Waals surface area contributed by atoms with Crippen molar-refractivity contribution in [3.63, 3.8) is 0 Å². The van der Waals surface area contributed by atoms with Crippen LogP contribution in [0.3, 0.4) is 0 Å². The minimum absolute atomic E-state index is 0.00540. The van der Waals surface area contributed by atoms with Crippen LogP contribution in [0.2, 0.25) is 0 Å². The molecule has 0 saturated carbocycles. The number of ether oxygens (including phenoxy) is 1. The zero-order chi connectivity index (χ0) is 20.5. The van der Waals surface area contributed by atoms with E-state index < -0.39 is 6.04 Å². The number of hydrogen-bond acceptors (Lipinski definition) is 4. The molecular formula is C22H22N4O3. The van der Waals surface area contributed by atoms with Crippen molar-refractivity contribution in [3.05, 3.63) is 59.8 Å². The standard InChI is InChI=1S/C22H22N4O3/c1-13-6-4-8-16(10-13)23-19(27)12-18-22(28)24-21-20(14(2)25-26(18)21)15-7-5-9-17(11-15)29-3/h4-11,18H,12H2,1-3H3,(H,23,27)(H,24,28). The Labute approximate surface area is 168 Å². The summed E-state index contributed by atoms with van der Waals surface area (Å²) in [5, 5.41) is 10.3. The molecule has 4 rings (SSSR count). The van der Waals surface area contributed by atoms with Crippen molar-refractivity contribution in [3.8, 4) is 16.9 Å². The predicted molar refractivity (Wildman–Crippen MR) is 111 cm³/mol. The second kappa shape index (κ2) is 7.43. The smallest absolute Gasteiger partial charge is 0.251 e. The molecule has 0 spiro atoms. The topological polar surface area (TPSA) is 85.2 Å². The molecule has 7 nitrogen and oxygen atoms in total. The lowest BCUT2D eigenvalue weighted by molar-refractivity contribution is -0.123. The first kappa shape index (κ1) is 18.7. The van der Waals surface area contributed by atoms with Gasteiger partial charge in [0.1, 0.15) is 17.6 Å². The van der Waals surface area contributed by atoms with Gasteiger partial charge in [0.05, 0.1) is 19.2 Å². The zero-order valence-electron chi connectivity index (χ0n) is 16.5. The van der Waals surface area contributed by atoms with E-state index in [0.717, 1.165) is 28.1 Å². The molecule has 1 atom stereocenters. The summed E-state index contributed by atoms with van der Waals surface area (Å²) in [5.41, 5.74) is 4.26. The maximum Gasteiger partial charge on any atom is 0.251 e. The van der Waals surface area contributed by atoms with E-state index in [2.05, 4.69) is 15.7 Å². The molecule has 1 aliphatic rings. The van der Waals surface area contributed by atoms with Gasteiger partial charge < -0.3 is 15.4 Å². The van der Waals surface area contributed by atoms with Crippen LogP contribution in [-0.4, -0.2) is 28.7 Å². The highest BCUT2D eigenvalue weighted by Crippen LogP contribution is 2.39. The third kappa shape index (κ3) is 3.59. The third-order valence-electron chi connectivity index (χ3n) is 4.96. The number of anilines is 2. The Balaban J connectivity index is 1.59. The first-order chi connectivity index (χ1) is 14.0. The van der Waals surface area contributed by atoms with Crippen LogP contribution in [0.1, 0.15) is 23.7 Å². The summed E-state index contributed by atoms with van der Waals surface area (Å²) in [4.78, 5) is 25.1. The first-order valence-corrected chi connectivity index (χ1v) is 9.37. The summed E-state index contributed by atoms with van der Waals surface area (Å²) in [5.74, 6) is 0.852. The molecule has 0 fully saturated rings. The highest BCUT2D eigenvalue weighted by atomic mass is 16.5. The Morgan fingerprint density at radius 3 is 2.76 bits per heavy atom. The van der Waals surface area contributed by atoms with Gasteiger partial charge in [-0.05, 0) is 49.2 Å². The van der Waals surface area contributed by atoms with E-state index in [1.807, 2.05) is 62.4 Å². The van der Waals surface area contributed by atoms with E-state index in [4.69, 9.17) is 4.74 Å². The van der Waals surface area contributed by atoms with Crippen LogP contribution in [0.25, 0.3) is 11.1 Å². The molecule has 2 N–H and O–H groups in total. The lowest BCUT2D eigenvalue weighted by Gasteiger charge is -2.10. The van der Waals surface area contributed by atoms with Crippen LogP contribution in [0.5, 0.6) is 5.75 Å². The Bertz CT molecular complexity index is 1100. The van der Waals surface area contributed by atoms with Crippen molar-refractivity contribution in [2.24, 2.45) is 0 Å². The van der Waals surface area contributed by atoms with E-state index >= 15 is 0 Å². The molecule has 3 aromatic rings. The van der Waals surface area contributed by atoms with Gasteiger partial charge in [-0.25, -0.2) is 4.68 Å². The number of nitrogens with one attached hydrogen (secondary N) is 2. The lowest BCUT2D eigenvalue weighted by atomic mass is 10.1. The molecule has 2 amide bonds. The van der Waals surface area contributed by atoms with Crippen LogP contribution in [0.15, 0.2) is 48.5 Å². The van der Waals surface area contributed by atoms with Crippen LogP contribution < -0.4 is 15.4 Å². The molecule has 7 heteroatoms. The zero-order valence-corrected chi connectivity index (χ0v) is 16.5. The number of benzene rings is 2. The van der Waals surface area contributed by atoms with Crippen molar-refractivity contribution in [1.29, 1.82) is 0 Å². The second-order valence-electron chi connectivity index (χ2n) is 7.11. The van der Waals surface area contributed by atoms with Gasteiger partial charge in [-0.15, -0.1) is 0 Å². The quantitative estimate of drug-likeness (QED) is 0.696. The molecule has 1 aliphatic heterocycles. The van der Waals surface area contributed by atoms with Crippen LogP contribution in [0.4, 0.5) is 11.5 Å².